The normalized spacial score (nSPS) is 20.9. The van der Waals surface area contributed by atoms with Gasteiger partial charge in [-0.15, -0.1) is 24.8 Å². The minimum Gasteiger partial charge on any atom is -0.314 e. The molecular formula is C15H22BrCl2FN2. The average molecular weight is 400 g/mol. The third-order valence-electron chi connectivity index (χ3n) is 4.37. The quantitative estimate of drug-likeness (QED) is 0.820. The lowest BCUT2D eigenvalue weighted by molar-refractivity contribution is 0.0835. The molecule has 1 aliphatic carbocycles. The van der Waals surface area contributed by atoms with E-state index in [0.717, 1.165) is 36.2 Å². The summed E-state index contributed by atoms with van der Waals surface area (Å²) in [5.74, 6) is 0.565. The predicted octanol–water partition coefficient (Wildman–Crippen LogP) is 4.18. The van der Waals surface area contributed by atoms with Crippen LogP contribution < -0.4 is 5.32 Å². The topological polar surface area (TPSA) is 15.3 Å². The van der Waals surface area contributed by atoms with Gasteiger partial charge in [0.2, 0.25) is 0 Å². The van der Waals surface area contributed by atoms with Gasteiger partial charge in [0.25, 0.3) is 0 Å². The zero-order chi connectivity index (χ0) is 13.2. The number of nitrogens with one attached hydrogen (secondary N) is 1. The molecule has 0 radical (unpaired) electrons. The Labute approximate surface area is 146 Å². The molecule has 3 rings (SSSR count). The Morgan fingerprint density at radius 2 is 1.81 bits per heavy atom. The molecule has 2 nitrogen and oxygen atoms in total. The van der Waals surface area contributed by atoms with Gasteiger partial charge >= 0.3 is 0 Å². The van der Waals surface area contributed by atoms with Gasteiger partial charge < -0.3 is 5.32 Å². The van der Waals surface area contributed by atoms with Gasteiger partial charge in [0.15, 0.2) is 0 Å². The van der Waals surface area contributed by atoms with Crippen molar-refractivity contribution in [2.75, 3.05) is 26.2 Å². The van der Waals surface area contributed by atoms with Crippen LogP contribution in [0.5, 0.6) is 0 Å². The van der Waals surface area contributed by atoms with E-state index in [4.69, 9.17) is 0 Å². The van der Waals surface area contributed by atoms with E-state index >= 15 is 0 Å². The van der Waals surface area contributed by atoms with E-state index in [1.54, 1.807) is 12.1 Å². The first-order chi connectivity index (χ1) is 9.24. The Morgan fingerprint density at radius 1 is 1.14 bits per heavy atom. The Kier molecular flexibility index (Phi) is 7.93. The van der Waals surface area contributed by atoms with Crippen LogP contribution in [-0.2, 0) is 0 Å². The van der Waals surface area contributed by atoms with Crippen molar-refractivity contribution < 1.29 is 4.39 Å². The number of hydrogen-bond donors (Lipinski definition) is 1. The lowest BCUT2D eigenvalue weighted by atomic mass is 9.76. The van der Waals surface area contributed by atoms with Crippen molar-refractivity contribution in [3.05, 3.63) is 34.1 Å². The molecule has 21 heavy (non-hydrogen) atoms. The minimum atomic E-state index is -0.135. The van der Waals surface area contributed by atoms with E-state index in [9.17, 15) is 4.39 Å². The summed E-state index contributed by atoms with van der Waals surface area (Å²) >= 11 is 3.42. The van der Waals surface area contributed by atoms with E-state index in [0.29, 0.717) is 12.0 Å². The summed E-state index contributed by atoms with van der Waals surface area (Å²) in [4.78, 5) is 2.53. The Hall–Kier alpha value is 0.130. The van der Waals surface area contributed by atoms with Gasteiger partial charge in [0.05, 0.1) is 0 Å². The van der Waals surface area contributed by atoms with Gasteiger partial charge in [-0.25, -0.2) is 4.39 Å². The van der Waals surface area contributed by atoms with Crippen LogP contribution >= 0.6 is 40.7 Å². The van der Waals surface area contributed by atoms with Crippen molar-refractivity contribution >= 4 is 40.7 Å². The maximum Gasteiger partial charge on any atom is 0.124 e. The Balaban J connectivity index is 0.00000110. The molecule has 0 aromatic heterocycles. The van der Waals surface area contributed by atoms with E-state index in [1.807, 2.05) is 0 Å². The van der Waals surface area contributed by atoms with Gasteiger partial charge in [-0.3, -0.25) is 4.90 Å². The first-order valence-electron chi connectivity index (χ1n) is 7.15. The lowest BCUT2D eigenvalue weighted by Crippen LogP contribution is -2.47. The van der Waals surface area contributed by atoms with E-state index in [1.165, 1.54) is 19.3 Å². The van der Waals surface area contributed by atoms with Crippen LogP contribution in [0, 0.1) is 11.7 Å². The standard InChI is InChI=1S/C15H20BrFN2.2ClH/c16-13-8-12(9-14(17)10-13)15(11-2-1-3-11)19-6-4-18-5-7-19;;/h8-11,15,18H,1-7H2;2*1H/t15-;;/m1../s1. The van der Waals surface area contributed by atoms with Crippen LogP contribution in [0.4, 0.5) is 4.39 Å². The molecule has 1 atom stereocenters. The SMILES string of the molecule is Cl.Cl.Fc1cc(Br)cc([C@@H](C2CCC2)N2CCNCC2)c1. The molecule has 1 aromatic carbocycles. The zero-order valence-corrected chi connectivity index (χ0v) is 15.1. The second kappa shape index (κ2) is 8.68. The van der Waals surface area contributed by atoms with Gasteiger partial charge in [0.1, 0.15) is 5.82 Å². The van der Waals surface area contributed by atoms with Crippen molar-refractivity contribution in [1.82, 2.24) is 10.2 Å². The van der Waals surface area contributed by atoms with Crippen LogP contribution in [0.25, 0.3) is 0 Å². The summed E-state index contributed by atoms with van der Waals surface area (Å²) in [7, 11) is 0. The highest BCUT2D eigenvalue weighted by molar-refractivity contribution is 9.10. The van der Waals surface area contributed by atoms with E-state index < -0.39 is 0 Å². The number of halogens is 4. The second-order valence-corrected chi connectivity index (χ2v) is 6.54. The molecule has 6 heteroatoms. The number of benzene rings is 1. The van der Waals surface area contributed by atoms with Crippen molar-refractivity contribution in [2.24, 2.45) is 5.92 Å². The first kappa shape index (κ1) is 19.2. The molecule has 1 N–H and O–H groups in total. The highest BCUT2D eigenvalue weighted by Gasteiger charge is 2.33. The molecule has 2 fully saturated rings. The zero-order valence-electron chi connectivity index (χ0n) is 11.9. The Morgan fingerprint density at radius 3 is 2.33 bits per heavy atom. The Bertz CT molecular complexity index is 431. The van der Waals surface area contributed by atoms with Crippen molar-refractivity contribution in [1.29, 1.82) is 0 Å². The molecular weight excluding hydrogens is 378 g/mol. The minimum absolute atomic E-state index is 0. The summed E-state index contributed by atoms with van der Waals surface area (Å²) in [5, 5.41) is 3.39. The number of piperazine rings is 1. The van der Waals surface area contributed by atoms with E-state index in [-0.39, 0.29) is 30.6 Å². The molecule has 2 aliphatic rings. The number of rotatable bonds is 3. The smallest absolute Gasteiger partial charge is 0.124 e. The monoisotopic (exact) mass is 398 g/mol. The largest absolute Gasteiger partial charge is 0.314 e. The predicted molar refractivity (Wildman–Crippen MR) is 93.1 cm³/mol. The summed E-state index contributed by atoms with van der Waals surface area (Å²) in [5.41, 5.74) is 1.14. The fraction of sp³-hybridized carbons (Fsp3) is 0.600. The average Bonchev–Trinajstić information content (AvgIpc) is 2.33. The molecule has 0 spiro atoms. The van der Waals surface area contributed by atoms with Crippen molar-refractivity contribution in [3.63, 3.8) is 0 Å². The fourth-order valence-electron chi connectivity index (χ4n) is 3.24. The van der Waals surface area contributed by atoms with Gasteiger partial charge in [-0.05, 0) is 42.5 Å². The molecule has 0 unspecified atom stereocenters. The van der Waals surface area contributed by atoms with Gasteiger partial charge in [-0.2, -0.15) is 0 Å². The molecule has 0 bridgehead atoms. The van der Waals surface area contributed by atoms with Crippen LogP contribution in [-0.4, -0.2) is 31.1 Å². The molecule has 1 heterocycles. The van der Waals surface area contributed by atoms with Gasteiger partial charge in [-0.1, -0.05) is 22.4 Å². The summed E-state index contributed by atoms with van der Waals surface area (Å²) in [6.45, 7) is 4.21. The third-order valence-corrected chi connectivity index (χ3v) is 4.83. The molecule has 0 amide bonds. The maximum atomic E-state index is 13.7. The number of hydrogen-bond acceptors (Lipinski definition) is 2. The number of nitrogens with zero attached hydrogens (tertiary/aromatic N) is 1. The van der Waals surface area contributed by atoms with Crippen LogP contribution in [0.2, 0.25) is 0 Å². The van der Waals surface area contributed by atoms with E-state index in [2.05, 4.69) is 32.2 Å². The summed E-state index contributed by atoms with van der Waals surface area (Å²) < 4.78 is 14.5. The maximum absolute atomic E-state index is 13.7. The van der Waals surface area contributed by atoms with Crippen LogP contribution in [0.15, 0.2) is 22.7 Å². The molecule has 1 saturated heterocycles. The molecule has 120 valence electrons. The first-order valence-corrected chi connectivity index (χ1v) is 7.94. The highest BCUT2D eigenvalue weighted by Crippen LogP contribution is 2.42. The van der Waals surface area contributed by atoms with Crippen LogP contribution in [0.3, 0.4) is 0 Å². The highest BCUT2D eigenvalue weighted by atomic mass is 79.9. The van der Waals surface area contributed by atoms with Crippen molar-refractivity contribution in [3.8, 4) is 0 Å². The summed E-state index contributed by atoms with van der Waals surface area (Å²) in [6.07, 6.45) is 3.88. The third kappa shape index (κ3) is 4.55. The molecule has 1 saturated carbocycles. The lowest BCUT2D eigenvalue weighted by Gasteiger charge is -2.43. The molecule has 1 aromatic rings. The fourth-order valence-corrected chi connectivity index (χ4v) is 3.73. The van der Waals surface area contributed by atoms with Crippen molar-refractivity contribution in [2.45, 2.75) is 25.3 Å². The summed E-state index contributed by atoms with van der Waals surface area (Å²) in [6, 6.07) is 5.74. The second-order valence-electron chi connectivity index (χ2n) is 5.62. The molecule has 1 aliphatic heterocycles. The van der Waals surface area contributed by atoms with Crippen LogP contribution in [0.1, 0.15) is 30.9 Å². The van der Waals surface area contributed by atoms with Gasteiger partial charge in [0, 0.05) is 36.7 Å².